The van der Waals surface area contributed by atoms with E-state index < -0.39 is 0 Å². The highest BCUT2D eigenvalue weighted by Crippen LogP contribution is 2.07. The van der Waals surface area contributed by atoms with Gasteiger partial charge >= 0.3 is 5.97 Å². The first kappa shape index (κ1) is 11.3. The van der Waals surface area contributed by atoms with E-state index in [0.717, 1.165) is 11.6 Å². The molecule has 0 rings (SSSR count). The van der Waals surface area contributed by atoms with Crippen LogP contribution in [0, 0.1) is 0 Å². The molecule has 2 radical (unpaired) electrons. The summed E-state index contributed by atoms with van der Waals surface area (Å²) in [5, 5.41) is 0.0106. The van der Waals surface area contributed by atoms with Crippen molar-refractivity contribution in [2.45, 2.75) is 12.2 Å². The normalized spacial score (nSPS) is 12.5. The smallest absolute Gasteiger partial charge is 0.302 e. The van der Waals surface area contributed by atoms with Crippen molar-refractivity contribution in [2.75, 3.05) is 13.2 Å². The SMILES string of the molecule is [B]SC(COP)COC(C)=O. The average molecular weight is 192 g/mol. The van der Waals surface area contributed by atoms with E-state index in [9.17, 15) is 4.79 Å². The van der Waals surface area contributed by atoms with Crippen LogP contribution in [0.25, 0.3) is 0 Å². The molecule has 0 aliphatic rings. The molecule has 0 saturated heterocycles. The predicted molar refractivity (Wildman–Crippen MR) is 49.4 cm³/mol. The Morgan fingerprint density at radius 3 is 2.73 bits per heavy atom. The minimum Gasteiger partial charge on any atom is -0.465 e. The van der Waals surface area contributed by atoms with E-state index >= 15 is 0 Å². The van der Waals surface area contributed by atoms with Crippen molar-refractivity contribution >= 4 is 34.2 Å². The van der Waals surface area contributed by atoms with Gasteiger partial charge in [0.15, 0.2) is 7.12 Å². The zero-order valence-electron chi connectivity index (χ0n) is 6.28. The lowest BCUT2D eigenvalue weighted by Crippen LogP contribution is -2.18. The van der Waals surface area contributed by atoms with Gasteiger partial charge in [0.05, 0.1) is 11.9 Å². The Morgan fingerprint density at radius 2 is 2.36 bits per heavy atom. The maximum atomic E-state index is 10.4. The highest BCUT2D eigenvalue weighted by Gasteiger charge is 2.06. The predicted octanol–water partition coefficient (Wildman–Crippen LogP) is 0.541. The van der Waals surface area contributed by atoms with Gasteiger partial charge in [0.2, 0.25) is 0 Å². The summed E-state index contributed by atoms with van der Waals surface area (Å²) in [6.07, 6.45) is 0. The zero-order valence-corrected chi connectivity index (χ0v) is 8.25. The van der Waals surface area contributed by atoms with Gasteiger partial charge in [0.25, 0.3) is 0 Å². The molecule has 0 bridgehead atoms. The largest absolute Gasteiger partial charge is 0.465 e. The second-order valence-electron chi connectivity index (χ2n) is 1.89. The van der Waals surface area contributed by atoms with E-state index in [0.29, 0.717) is 13.2 Å². The molecule has 0 aromatic rings. The molecule has 0 spiro atoms. The van der Waals surface area contributed by atoms with Gasteiger partial charge in [-0.25, -0.2) is 11.6 Å². The number of hydrogen-bond acceptors (Lipinski definition) is 4. The van der Waals surface area contributed by atoms with Crippen LogP contribution in [0.5, 0.6) is 0 Å². The van der Waals surface area contributed by atoms with Crippen LogP contribution in [0.15, 0.2) is 0 Å². The number of rotatable bonds is 5. The van der Waals surface area contributed by atoms with Gasteiger partial charge < -0.3 is 9.26 Å². The maximum absolute atomic E-state index is 10.4. The first-order chi connectivity index (χ1) is 5.20. The molecule has 3 nitrogen and oxygen atoms in total. The van der Waals surface area contributed by atoms with Crippen molar-refractivity contribution in [3.63, 3.8) is 0 Å². The molecular formula is C5H10BO3PS. The molecule has 2 unspecified atom stereocenters. The first-order valence-electron chi connectivity index (χ1n) is 3.01. The third kappa shape index (κ3) is 6.66. The van der Waals surface area contributed by atoms with Crippen LogP contribution in [0.2, 0.25) is 0 Å². The lowest BCUT2D eigenvalue weighted by molar-refractivity contribution is -0.140. The molecule has 0 fully saturated rings. The monoisotopic (exact) mass is 192 g/mol. The van der Waals surface area contributed by atoms with Crippen LogP contribution in [-0.4, -0.2) is 31.6 Å². The average Bonchev–Trinajstić information content (AvgIpc) is 1.97. The van der Waals surface area contributed by atoms with Gasteiger partial charge in [-0.15, -0.1) is 0 Å². The molecular weight excluding hydrogens is 182 g/mol. The number of hydrogen-bond donors (Lipinski definition) is 0. The summed E-state index contributed by atoms with van der Waals surface area (Å²) in [5.74, 6) is -0.298. The van der Waals surface area contributed by atoms with Gasteiger partial charge in [-0.1, -0.05) is 0 Å². The molecule has 11 heavy (non-hydrogen) atoms. The van der Waals surface area contributed by atoms with Crippen LogP contribution >= 0.6 is 21.1 Å². The van der Waals surface area contributed by atoms with Crippen LogP contribution in [-0.2, 0) is 14.1 Å². The summed E-state index contributed by atoms with van der Waals surface area (Å²) in [7, 11) is 7.40. The fraction of sp³-hybridized carbons (Fsp3) is 0.800. The van der Waals surface area contributed by atoms with Crippen LogP contribution in [0.4, 0.5) is 0 Å². The molecule has 0 aliphatic heterocycles. The van der Waals surface area contributed by atoms with E-state index in [1.165, 1.54) is 6.92 Å². The van der Waals surface area contributed by atoms with Crippen molar-refractivity contribution < 1.29 is 14.1 Å². The molecule has 0 saturated carbocycles. The Hall–Kier alpha value is 0.275. The Kier molecular flexibility index (Phi) is 7.13. The Balaban J connectivity index is 3.43. The molecule has 0 aromatic heterocycles. The van der Waals surface area contributed by atoms with Gasteiger partial charge in [-0.2, -0.15) is 0 Å². The van der Waals surface area contributed by atoms with Crippen LogP contribution < -0.4 is 0 Å². The highest BCUT2D eigenvalue weighted by molar-refractivity contribution is 8.20. The van der Waals surface area contributed by atoms with E-state index in [1.54, 1.807) is 0 Å². The van der Waals surface area contributed by atoms with E-state index in [2.05, 4.69) is 9.47 Å². The fourth-order valence-corrected chi connectivity index (χ4v) is 1.12. The number of ether oxygens (including phenoxy) is 1. The second-order valence-corrected chi connectivity index (χ2v) is 3.17. The van der Waals surface area contributed by atoms with Gasteiger partial charge in [0.1, 0.15) is 6.61 Å². The van der Waals surface area contributed by atoms with E-state index in [-0.39, 0.29) is 11.2 Å². The Labute approximate surface area is 74.2 Å². The number of carbonyl (C=O) groups excluding carboxylic acids is 1. The Morgan fingerprint density at radius 1 is 1.73 bits per heavy atom. The molecule has 0 amide bonds. The van der Waals surface area contributed by atoms with Gasteiger partial charge in [-0.3, -0.25) is 4.79 Å². The quantitative estimate of drug-likeness (QED) is 0.361. The summed E-state index contributed by atoms with van der Waals surface area (Å²) in [6.45, 7) is 2.11. The van der Waals surface area contributed by atoms with Gasteiger partial charge in [0, 0.05) is 16.4 Å². The van der Waals surface area contributed by atoms with Crippen LogP contribution in [0.3, 0.4) is 0 Å². The van der Waals surface area contributed by atoms with Crippen molar-refractivity contribution in [1.82, 2.24) is 0 Å². The maximum Gasteiger partial charge on any atom is 0.302 e. The van der Waals surface area contributed by atoms with Crippen molar-refractivity contribution in [3.8, 4) is 0 Å². The molecule has 0 aromatic carbocycles. The minimum absolute atomic E-state index is 0.0106. The number of esters is 1. The zero-order chi connectivity index (χ0) is 8.69. The summed E-state index contributed by atoms with van der Waals surface area (Å²) >= 11 is 1.12. The minimum atomic E-state index is -0.298. The molecule has 0 aliphatic carbocycles. The van der Waals surface area contributed by atoms with Crippen molar-refractivity contribution in [1.29, 1.82) is 0 Å². The topological polar surface area (TPSA) is 35.5 Å². The van der Waals surface area contributed by atoms with Gasteiger partial charge in [-0.05, 0) is 0 Å². The Bertz CT molecular complexity index is 124. The standard InChI is InChI=1S/C5H10BO3PS/c1-4(7)8-2-5(11-6)3-9-10/h5H,2-3,10H2,1H3. The number of carbonyl (C=O) groups is 1. The lowest BCUT2D eigenvalue weighted by Gasteiger charge is -2.12. The summed E-state index contributed by atoms with van der Waals surface area (Å²) in [5.41, 5.74) is 0. The summed E-state index contributed by atoms with van der Waals surface area (Å²) in [4.78, 5) is 10.4. The third-order valence-corrected chi connectivity index (χ3v) is 1.80. The van der Waals surface area contributed by atoms with Crippen molar-refractivity contribution in [2.24, 2.45) is 0 Å². The molecule has 6 heteroatoms. The lowest BCUT2D eigenvalue weighted by atomic mass is 10.5. The van der Waals surface area contributed by atoms with Crippen LogP contribution in [0.1, 0.15) is 6.92 Å². The third-order valence-electron chi connectivity index (χ3n) is 0.947. The van der Waals surface area contributed by atoms with E-state index in [1.807, 2.05) is 0 Å². The summed E-state index contributed by atoms with van der Waals surface area (Å²) < 4.78 is 9.47. The van der Waals surface area contributed by atoms with E-state index in [4.69, 9.17) is 16.4 Å². The first-order valence-corrected chi connectivity index (χ1v) is 4.42. The molecule has 2 atom stereocenters. The fourth-order valence-electron chi connectivity index (χ4n) is 0.444. The molecule has 0 heterocycles. The second kappa shape index (κ2) is 6.95. The molecule has 0 N–H and O–H groups in total. The van der Waals surface area contributed by atoms with Crippen molar-refractivity contribution in [3.05, 3.63) is 0 Å². The highest BCUT2D eigenvalue weighted by atomic mass is 32.2. The summed E-state index contributed by atoms with van der Waals surface area (Å²) in [6, 6.07) is 0. The molecule has 62 valence electrons.